The topological polar surface area (TPSA) is 29.5 Å². The minimum Gasteiger partial charge on any atom is -0.368 e. The van der Waals surface area contributed by atoms with Gasteiger partial charge in [0.25, 0.3) is 5.91 Å². The van der Waals surface area contributed by atoms with Gasteiger partial charge < -0.3 is 9.64 Å². The Labute approximate surface area is 149 Å². The van der Waals surface area contributed by atoms with Crippen LogP contribution < -0.4 is 4.90 Å². The summed E-state index contributed by atoms with van der Waals surface area (Å²) in [4.78, 5) is 14.7. The number of anilines is 1. The highest BCUT2D eigenvalue weighted by Crippen LogP contribution is 2.20. The second-order valence-corrected chi connectivity index (χ2v) is 5.70. The zero-order valence-electron chi connectivity index (χ0n) is 14.5. The van der Waals surface area contributed by atoms with Crippen molar-refractivity contribution < 1.29 is 9.53 Å². The van der Waals surface area contributed by atoms with Crippen LogP contribution in [-0.4, -0.2) is 18.6 Å². The molecule has 3 nitrogen and oxygen atoms in total. The maximum Gasteiger partial charge on any atom is 0.256 e. The van der Waals surface area contributed by atoms with Gasteiger partial charge >= 0.3 is 0 Å². The van der Waals surface area contributed by atoms with Crippen molar-refractivity contribution in [1.29, 1.82) is 0 Å². The third-order valence-electron chi connectivity index (χ3n) is 3.81. The average molecular weight is 333 g/mol. The van der Waals surface area contributed by atoms with Crippen LogP contribution in [0.15, 0.2) is 67.3 Å². The molecule has 0 bridgehead atoms. The smallest absolute Gasteiger partial charge is 0.256 e. The molecule has 0 heterocycles. The number of carbonyl (C=O) groups excluding carboxylic acids is 1. The first-order chi connectivity index (χ1) is 12.2. The Hall–Kier alpha value is -2.83. The van der Waals surface area contributed by atoms with Gasteiger partial charge in [-0.15, -0.1) is 13.0 Å². The number of hydrogen-bond acceptors (Lipinski definition) is 2. The summed E-state index contributed by atoms with van der Waals surface area (Å²) in [5, 5.41) is 0. The van der Waals surface area contributed by atoms with E-state index in [1.54, 1.807) is 17.9 Å². The minimum absolute atomic E-state index is 0.0953. The molecule has 2 aromatic rings. The average Bonchev–Trinajstić information content (AvgIpc) is 2.66. The van der Waals surface area contributed by atoms with Crippen molar-refractivity contribution in [1.82, 2.24) is 0 Å². The molecule has 3 heteroatoms. The molecule has 0 N–H and O–H groups in total. The number of nitrogens with zero attached hydrogens (tertiary/aromatic N) is 1. The molecule has 0 aliphatic carbocycles. The molecule has 0 radical (unpaired) electrons. The fourth-order valence-electron chi connectivity index (χ4n) is 2.44. The van der Waals surface area contributed by atoms with Crippen LogP contribution in [0.1, 0.15) is 24.5 Å². The lowest BCUT2D eigenvalue weighted by atomic mass is 10.1. The van der Waals surface area contributed by atoms with Gasteiger partial charge in [0.15, 0.2) is 0 Å². The second-order valence-electron chi connectivity index (χ2n) is 5.70. The summed E-state index contributed by atoms with van der Waals surface area (Å²) in [6.07, 6.45) is 7.44. The van der Waals surface area contributed by atoms with Crippen molar-refractivity contribution >= 4 is 11.6 Å². The minimum atomic E-state index is -0.543. The van der Waals surface area contributed by atoms with Crippen molar-refractivity contribution in [3.63, 3.8) is 0 Å². The number of terminal acetylenes is 1. The zero-order valence-corrected chi connectivity index (χ0v) is 14.5. The molecule has 1 unspecified atom stereocenters. The van der Waals surface area contributed by atoms with Crippen LogP contribution in [0.2, 0.25) is 0 Å². The molecule has 0 saturated heterocycles. The van der Waals surface area contributed by atoms with Gasteiger partial charge in [-0.25, -0.2) is 0 Å². The van der Waals surface area contributed by atoms with Crippen LogP contribution in [0.3, 0.4) is 0 Å². The number of hydrogen-bond donors (Lipinski definition) is 0. The highest BCUT2D eigenvalue weighted by molar-refractivity contribution is 5.96. The quantitative estimate of drug-likeness (QED) is 0.412. The lowest BCUT2D eigenvalue weighted by Crippen LogP contribution is -2.39. The van der Waals surface area contributed by atoms with E-state index in [0.29, 0.717) is 19.6 Å². The van der Waals surface area contributed by atoms with Crippen molar-refractivity contribution in [2.24, 2.45) is 0 Å². The number of rotatable bonds is 8. The summed E-state index contributed by atoms with van der Waals surface area (Å²) in [5.74, 6) is 2.52. The van der Waals surface area contributed by atoms with E-state index in [2.05, 4.69) is 12.5 Å². The summed E-state index contributed by atoms with van der Waals surface area (Å²) < 4.78 is 5.64. The SMILES string of the molecule is C#Cc1cccc(N(Cc2ccccc2)C(=O)C(C)OCCC=C)c1. The third-order valence-corrected chi connectivity index (χ3v) is 3.81. The Morgan fingerprint density at radius 2 is 2.04 bits per heavy atom. The van der Waals surface area contributed by atoms with E-state index >= 15 is 0 Å². The molecule has 1 amide bonds. The van der Waals surface area contributed by atoms with E-state index < -0.39 is 6.10 Å². The highest BCUT2D eigenvalue weighted by atomic mass is 16.5. The van der Waals surface area contributed by atoms with Crippen LogP contribution in [0, 0.1) is 12.3 Å². The maximum absolute atomic E-state index is 13.0. The molecule has 25 heavy (non-hydrogen) atoms. The van der Waals surface area contributed by atoms with Crippen LogP contribution in [0.25, 0.3) is 0 Å². The van der Waals surface area contributed by atoms with Gasteiger partial charge in [0.05, 0.1) is 13.2 Å². The largest absolute Gasteiger partial charge is 0.368 e. The first-order valence-electron chi connectivity index (χ1n) is 8.30. The Kier molecular flexibility index (Phi) is 7.00. The Bertz CT molecular complexity index is 746. The molecular weight excluding hydrogens is 310 g/mol. The van der Waals surface area contributed by atoms with Crippen molar-refractivity contribution in [3.8, 4) is 12.3 Å². The summed E-state index contributed by atoms with van der Waals surface area (Å²) in [5.41, 5.74) is 2.55. The van der Waals surface area contributed by atoms with E-state index in [0.717, 1.165) is 16.8 Å². The molecule has 0 aliphatic heterocycles. The predicted molar refractivity (Wildman–Crippen MR) is 102 cm³/mol. The Morgan fingerprint density at radius 1 is 1.28 bits per heavy atom. The summed E-state index contributed by atoms with van der Waals surface area (Å²) in [6, 6.07) is 17.3. The van der Waals surface area contributed by atoms with E-state index in [-0.39, 0.29) is 5.91 Å². The lowest BCUT2D eigenvalue weighted by Gasteiger charge is -2.26. The molecule has 2 rings (SSSR count). The van der Waals surface area contributed by atoms with Gasteiger partial charge in [0.1, 0.15) is 6.10 Å². The Balaban J connectivity index is 2.26. The Morgan fingerprint density at radius 3 is 2.72 bits per heavy atom. The molecule has 1 atom stereocenters. The second kappa shape index (κ2) is 9.46. The number of benzene rings is 2. The van der Waals surface area contributed by atoms with E-state index in [9.17, 15) is 4.79 Å². The third kappa shape index (κ3) is 5.34. The number of amides is 1. The standard InChI is InChI=1S/C22H23NO2/c1-4-6-15-25-18(3)22(24)23(17-20-11-8-7-9-12-20)21-14-10-13-19(5-2)16-21/h2,4,7-14,16,18H,1,6,15,17H2,3H3. The molecule has 0 aromatic heterocycles. The van der Waals surface area contributed by atoms with Crippen molar-refractivity contribution in [3.05, 3.63) is 78.4 Å². The van der Waals surface area contributed by atoms with Gasteiger partial charge in [0.2, 0.25) is 0 Å². The van der Waals surface area contributed by atoms with E-state index in [4.69, 9.17) is 11.2 Å². The van der Waals surface area contributed by atoms with Crippen LogP contribution >= 0.6 is 0 Å². The summed E-state index contributed by atoms with van der Waals surface area (Å²) in [7, 11) is 0. The van der Waals surface area contributed by atoms with E-state index in [1.165, 1.54) is 0 Å². The van der Waals surface area contributed by atoms with Gasteiger partial charge in [-0.2, -0.15) is 0 Å². The maximum atomic E-state index is 13.0. The van der Waals surface area contributed by atoms with Gasteiger partial charge in [-0.3, -0.25) is 4.79 Å². The molecule has 2 aromatic carbocycles. The van der Waals surface area contributed by atoms with Crippen molar-refractivity contribution in [2.75, 3.05) is 11.5 Å². The first kappa shape index (κ1) is 18.5. The fourth-order valence-corrected chi connectivity index (χ4v) is 2.44. The zero-order chi connectivity index (χ0) is 18.1. The van der Waals surface area contributed by atoms with Crippen LogP contribution in [0.5, 0.6) is 0 Å². The van der Waals surface area contributed by atoms with Crippen molar-refractivity contribution in [2.45, 2.75) is 26.0 Å². The molecule has 0 spiro atoms. The van der Waals surface area contributed by atoms with Gasteiger partial charge in [0, 0.05) is 11.3 Å². The van der Waals surface area contributed by atoms with Crippen LogP contribution in [-0.2, 0) is 16.1 Å². The van der Waals surface area contributed by atoms with Crippen LogP contribution in [0.4, 0.5) is 5.69 Å². The number of ether oxygens (including phenoxy) is 1. The summed E-state index contributed by atoms with van der Waals surface area (Å²) >= 11 is 0. The van der Waals surface area contributed by atoms with Gasteiger partial charge in [-0.05, 0) is 37.1 Å². The molecule has 0 aliphatic rings. The molecule has 0 fully saturated rings. The fraction of sp³-hybridized carbons (Fsp3) is 0.227. The van der Waals surface area contributed by atoms with E-state index in [1.807, 2.05) is 54.6 Å². The molecule has 128 valence electrons. The predicted octanol–water partition coefficient (Wildman–Crippen LogP) is 4.18. The molecular formula is C22H23NO2. The lowest BCUT2D eigenvalue weighted by molar-refractivity contribution is -0.129. The first-order valence-corrected chi connectivity index (χ1v) is 8.30. The number of carbonyl (C=O) groups is 1. The molecule has 0 saturated carbocycles. The summed E-state index contributed by atoms with van der Waals surface area (Å²) in [6.45, 7) is 6.37. The highest BCUT2D eigenvalue weighted by Gasteiger charge is 2.23. The normalized spacial score (nSPS) is 11.4. The monoisotopic (exact) mass is 333 g/mol. The van der Waals surface area contributed by atoms with Gasteiger partial charge in [-0.1, -0.05) is 48.4 Å².